The van der Waals surface area contributed by atoms with Crippen LogP contribution in [0.15, 0.2) is 24.3 Å². The van der Waals surface area contributed by atoms with Gasteiger partial charge in [0, 0.05) is 19.5 Å². The number of hydrogen-bond donors (Lipinski definition) is 2. The number of nitrogens with one attached hydrogen (secondary N) is 2. The molecule has 2 heterocycles. The molecule has 0 aromatic heterocycles. The minimum atomic E-state index is -2.88. The first-order valence-corrected chi connectivity index (χ1v) is 7.23. The van der Waals surface area contributed by atoms with E-state index in [2.05, 4.69) is 10.6 Å². The van der Waals surface area contributed by atoms with E-state index in [9.17, 15) is 23.2 Å². The van der Waals surface area contributed by atoms with E-state index in [1.807, 2.05) is 0 Å². The summed E-state index contributed by atoms with van der Waals surface area (Å²) in [7, 11) is 0. The van der Waals surface area contributed by atoms with Crippen molar-refractivity contribution in [3.63, 3.8) is 0 Å². The predicted molar refractivity (Wildman–Crippen MR) is 76.2 cm³/mol. The van der Waals surface area contributed by atoms with Gasteiger partial charge >= 0.3 is 0 Å². The third-order valence-corrected chi connectivity index (χ3v) is 3.94. The maximum atomic E-state index is 13.0. The molecule has 6 nitrogen and oxygen atoms in total. The van der Waals surface area contributed by atoms with Crippen molar-refractivity contribution in [2.75, 3.05) is 19.6 Å². The largest absolute Gasteiger partial charge is 0.353 e. The molecule has 1 saturated heterocycles. The molecule has 23 heavy (non-hydrogen) atoms. The minimum absolute atomic E-state index is 0.00119. The molecular weight excluding hydrogens is 308 g/mol. The molecule has 2 N–H and O–H groups in total. The summed E-state index contributed by atoms with van der Waals surface area (Å²) in [4.78, 5) is 37.0. The van der Waals surface area contributed by atoms with Crippen LogP contribution >= 0.6 is 0 Å². The van der Waals surface area contributed by atoms with Gasteiger partial charge in [0.1, 0.15) is 0 Å². The summed E-state index contributed by atoms with van der Waals surface area (Å²) in [6.07, 6.45) is -0.550. The molecule has 0 spiro atoms. The van der Waals surface area contributed by atoms with Gasteiger partial charge in [-0.3, -0.25) is 24.6 Å². The number of carbonyl (C=O) groups excluding carboxylic acids is 3. The van der Waals surface area contributed by atoms with Crippen LogP contribution in [0.3, 0.4) is 0 Å². The Kier molecular flexibility index (Phi) is 3.85. The Morgan fingerprint density at radius 3 is 2.39 bits per heavy atom. The third kappa shape index (κ3) is 2.94. The molecule has 0 saturated carbocycles. The van der Waals surface area contributed by atoms with Gasteiger partial charge in [0.2, 0.25) is 5.91 Å². The van der Waals surface area contributed by atoms with Gasteiger partial charge < -0.3 is 5.32 Å². The zero-order valence-corrected chi connectivity index (χ0v) is 12.1. The van der Waals surface area contributed by atoms with E-state index in [0.29, 0.717) is 11.1 Å². The Balaban J connectivity index is 1.53. The van der Waals surface area contributed by atoms with E-state index in [1.165, 1.54) is 0 Å². The van der Waals surface area contributed by atoms with Crippen LogP contribution in [-0.2, 0) is 4.79 Å². The molecule has 0 bridgehead atoms. The number of rotatable bonds is 4. The Morgan fingerprint density at radius 2 is 1.87 bits per heavy atom. The van der Waals surface area contributed by atoms with Crippen LogP contribution in [0, 0.1) is 0 Å². The second-order valence-corrected chi connectivity index (χ2v) is 5.59. The average molecular weight is 323 g/mol. The van der Waals surface area contributed by atoms with Crippen LogP contribution < -0.4 is 10.6 Å². The van der Waals surface area contributed by atoms with Crippen LogP contribution in [0.1, 0.15) is 27.1 Å². The molecule has 1 atom stereocenters. The lowest BCUT2D eigenvalue weighted by Gasteiger charge is -2.16. The molecule has 0 aliphatic carbocycles. The lowest BCUT2D eigenvalue weighted by atomic mass is 10.1. The molecule has 2 aliphatic heterocycles. The second-order valence-electron chi connectivity index (χ2n) is 5.59. The molecule has 1 aromatic rings. The number of alkyl halides is 2. The summed E-state index contributed by atoms with van der Waals surface area (Å²) < 4.78 is 26.1. The van der Waals surface area contributed by atoms with Crippen molar-refractivity contribution in [3.05, 3.63) is 35.4 Å². The quantitative estimate of drug-likeness (QED) is 0.786. The van der Waals surface area contributed by atoms with Gasteiger partial charge in [-0.1, -0.05) is 12.1 Å². The number of nitrogens with zero attached hydrogens (tertiary/aromatic N) is 1. The summed E-state index contributed by atoms with van der Waals surface area (Å²) in [5.74, 6) is -4.26. The Labute approximate surface area is 130 Å². The lowest BCUT2D eigenvalue weighted by molar-refractivity contribution is -0.123. The highest BCUT2D eigenvalue weighted by Crippen LogP contribution is 2.25. The average Bonchev–Trinajstić information content (AvgIpc) is 3.00. The number of imide groups is 1. The fraction of sp³-hybridized carbons (Fsp3) is 0.400. The third-order valence-electron chi connectivity index (χ3n) is 3.94. The van der Waals surface area contributed by atoms with E-state index in [0.717, 1.165) is 4.90 Å². The maximum Gasteiger partial charge on any atom is 0.262 e. The first kappa shape index (κ1) is 15.5. The van der Waals surface area contributed by atoms with Gasteiger partial charge in [0.15, 0.2) is 0 Å². The zero-order chi connectivity index (χ0) is 16.6. The Morgan fingerprint density at radius 1 is 1.26 bits per heavy atom. The van der Waals surface area contributed by atoms with E-state index >= 15 is 0 Å². The van der Waals surface area contributed by atoms with Gasteiger partial charge in [-0.15, -0.1) is 0 Å². The van der Waals surface area contributed by atoms with Crippen LogP contribution in [0.25, 0.3) is 0 Å². The second kappa shape index (κ2) is 5.69. The van der Waals surface area contributed by atoms with Crippen molar-refractivity contribution in [3.8, 4) is 0 Å². The molecule has 3 amide bonds. The topological polar surface area (TPSA) is 78.5 Å². The van der Waals surface area contributed by atoms with Crippen LogP contribution in [0.5, 0.6) is 0 Å². The van der Waals surface area contributed by atoms with Crippen molar-refractivity contribution < 1.29 is 23.2 Å². The summed E-state index contributed by atoms with van der Waals surface area (Å²) in [5.41, 5.74) is 0.668. The Hall–Kier alpha value is -2.35. The first-order chi connectivity index (χ1) is 10.9. The van der Waals surface area contributed by atoms with Crippen molar-refractivity contribution >= 4 is 17.7 Å². The molecule has 122 valence electrons. The smallest absolute Gasteiger partial charge is 0.262 e. The standard InChI is InChI=1S/C15H15F2N3O3/c16-15(17)7-11(19-8-15)12(21)18-5-6-20-13(22)9-3-1-2-4-10(9)14(20)23/h1-4,11,19H,5-8H2,(H,18,21). The fourth-order valence-electron chi connectivity index (χ4n) is 2.76. The molecule has 0 radical (unpaired) electrons. The van der Waals surface area contributed by atoms with Gasteiger partial charge in [0.05, 0.1) is 23.7 Å². The van der Waals surface area contributed by atoms with Gasteiger partial charge in [-0.25, -0.2) is 8.78 Å². The minimum Gasteiger partial charge on any atom is -0.353 e. The maximum absolute atomic E-state index is 13.0. The monoisotopic (exact) mass is 323 g/mol. The van der Waals surface area contributed by atoms with Crippen LogP contribution in [0.4, 0.5) is 8.78 Å². The number of halogens is 2. The highest BCUT2D eigenvalue weighted by atomic mass is 19.3. The molecule has 1 unspecified atom stereocenters. The molecule has 8 heteroatoms. The van der Waals surface area contributed by atoms with Crippen molar-refractivity contribution in [2.45, 2.75) is 18.4 Å². The first-order valence-electron chi connectivity index (χ1n) is 7.23. The molecule has 1 fully saturated rings. The molecule has 3 rings (SSSR count). The van der Waals surface area contributed by atoms with Crippen molar-refractivity contribution in [2.24, 2.45) is 0 Å². The Bertz CT molecular complexity index is 643. The lowest BCUT2D eigenvalue weighted by Crippen LogP contribution is -2.44. The SMILES string of the molecule is O=C(NCCN1C(=O)c2ccccc2C1=O)C1CC(F)(F)CN1. The zero-order valence-electron chi connectivity index (χ0n) is 12.1. The summed E-state index contributed by atoms with van der Waals surface area (Å²) in [6.45, 7) is -0.501. The van der Waals surface area contributed by atoms with Crippen molar-refractivity contribution in [1.29, 1.82) is 0 Å². The van der Waals surface area contributed by atoms with Gasteiger partial charge in [0.25, 0.3) is 17.7 Å². The van der Waals surface area contributed by atoms with E-state index in [-0.39, 0.29) is 13.1 Å². The van der Waals surface area contributed by atoms with E-state index in [1.54, 1.807) is 24.3 Å². The summed E-state index contributed by atoms with van der Waals surface area (Å²) >= 11 is 0. The number of hydrogen-bond acceptors (Lipinski definition) is 4. The van der Waals surface area contributed by atoms with Gasteiger partial charge in [-0.05, 0) is 12.1 Å². The number of fused-ring (bicyclic) bond motifs is 1. The predicted octanol–water partition coefficient (Wildman–Crippen LogP) is 0.396. The fourth-order valence-corrected chi connectivity index (χ4v) is 2.76. The number of carbonyl (C=O) groups is 3. The molecule has 2 aliphatic rings. The van der Waals surface area contributed by atoms with Crippen LogP contribution in [-0.4, -0.2) is 54.2 Å². The van der Waals surface area contributed by atoms with E-state index in [4.69, 9.17) is 0 Å². The van der Waals surface area contributed by atoms with Gasteiger partial charge in [-0.2, -0.15) is 0 Å². The van der Waals surface area contributed by atoms with Crippen molar-refractivity contribution in [1.82, 2.24) is 15.5 Å². The highest BCUT2D eigenvalue weighted by Gasteiger charge is 2.42. The molecule has 1 aromatic carbocycles. The number of amides is 3. The normalized spacial score (nSPS) is 22.3. The highest BCUT2D eigenvalue weighted by molar-refractivity contribution is 6.21. The number of benzene rings is 1. The van der Waals surface area contributed by atoms with E-state index < -0.39 is 42.7 Å². The summed E-state index contributed by atoms with van der Waals surface area (Å²) in [6, 6.07) is 5.52. The van der Waals surface area contributed by atoms with Crippen LogP contribution in [0.2, 0.25) is 0 Å². The summed E-state index contributed by atoms with van der Waals surface area (Å²) in [5, 5.41) is 4.92. The molecular formula is C15H15F2N3O3.